The van der Waals surface area contributed by atoms with E-state index in [9.17, 15) is 9.90 Å². The molecule has 1 saturated heterocycles. The lowest BCUT2D eigenvalue weighted by molar-refractivity contribution is 0.0780. The molecule has 2 fully saturated rings. The van der Waals surface area contributed by atoms with Crippen molar-refractivity contribution < 1.29 is 9.90 Å². The molecule has 18 heavy (non-hydrogen) atoms. The first kappa shape index (κ1) is 11.6. The van der Waals surface area contributed by atoms with Gasteiger partial charge in [-0.25, -0.2) is 0 Å². The Hall–Kier alpha value is -1.51. The first-order valence-corrected chi connectivity index (χ1v) is 6.74. The first-order chi connectivity index (χ1) is 8.65. The van der Waals surface area contributed by atoms with Crippen LogP contribution >= 0.6 is 0 Å². The van der Waals surface area contributed by atoms with E-state index in [0.717, 1.165) is 30.5 Å². The fraction of sp³-hybridized carbons (Fsp3) is 0.533. The van der Waals surface area contributed by atoms with Crippen LogP contribution in [-0.4, -0.2) is 29.0 Å². The summed E-state index contributed by atoms with van der Waals surface area (Å²) in [6, 6.07) is 5.12. The SMILES string of the molecule is Cc1cc(C(=O)N2CC3CCCC3C2)ccc1O. The molecule has 2 unspecified atom stereocenters. The van der Waals surface area contributed by atoms with Crippen molar-refractivity contribution in [2.75, 3.05) is 13.1 Å². The van der Waals surface area contributed by atoms with Gasteiger partial charge in [-0.2, -0.15) is 0 Å². The van der Waals surface area contributed by atoms with Crippen LogP contribution < -0.4 is 0 Å². The summed E-state index contributed by atoms with van der Waals surface area (Å²) < 4.78 is 0. The maximum Gasteiger partial charge on any atom is 0.253 e. The Morgan fingerprint density at radius 2 is 1.94 bits per heavy atom. The van der Waals surface area contributed by atoms with Gasteiger partial charge in [-0.3, -0.25) is 4.79 Å². The molecule has 1 aliphatic heterocycles. The maximum absolute atomic E-state index is 12.4. The van der Waals surface area contributed by atoms with Crippen molar-refractivity contribution in [1.29, 1.82) is 0 Å². The molecule has 1 aromatic rings. The molecule has 3 heteroatoms. The number of amides is 1. The third-order valence-electron chi connectivity index (χ3n) is 4.46. The summed E-state index contributed by atoms with van der Waals surface area (Å²) in [6.45, 7) is 3.66. The smallest absolute Gasteiger partial charge is 0.253 e. The van der Waals surface area contributed by atoms with Crippen molar-refractivity contribution in [1.82, 2.24) is 4.90 Å². The first-order valence-electron chi connectivity index (χ1n) is 6.74. The molecule has 1 saturated carbocycles. The van der Waals surface area contributed by atoms with Gasteiger partial charge in [0.15, 0.2) is 0 Å². The number of phenolic OH excluding ortho intramolecular Hbond substituents is 1. The van der Waals surface area contributed by atoms with Gasteiger partial charge in [0.05, 0.1) is 0 Å². The van der Waals surface area contributed by atoms with Crippen molar-refractivity contribution in [3.05, 3.63) is 29.3 Å². The number of nitrogens with zero attached hydrogens (tertiary/aromatic N) is 1. The number of aryl methyl sites for hydroxylation is 1. The number of fused-ring (bicyclic) bond motifs is 1. The zero-order valence-electron chi connectivity index (χ0n) is 10.7. The third-order valence-corrected chi connectivity index (χ3v) is 4.46. The average Bonchev–Trinajstić information content (AvgIpc) is 2.92. The van der Waals surface area contributed by atoms with Crippen molar-refractivity contribution in [3.63, 3.8) is 0 Å². The minimum Gasteiger partial charge on any atom is -0.508 e. The average molecular weight is 245 g/mol. The van der Waals surface area contributed by atoms with Crippen LogP contribution in [0.25, 0.3) is 0 Å². The van der Waals surface area contributed by atoms with Gasteiger partial charge < -0.3 is 10.0 Å². The highest BCUT2D eigenvalue weighted by Crippen LogP contribution is 2.38. The van der Waals surface area contributed by atoms with E-state index < -0.39 is 0 Å². The molecular formula is C15H19NO2. The summed E-state index contributed by atoms with van der Waals surface area (Å²) in [6.07, 6.45) is 3.89. The molecule has 3 nitrogen and oxygen atoms in total. The van der Waals surface area contributed by atoms with E-state index in [0.29, 0.717) is 5.56 Å². The van der Waals surface area contributed by atoms with E-state index in [2.05, 4.69) is 0 Å². The van der Waals surface area contributed by atoms with Crippen LogP contribution in [0.2, 0.25) is 0 Å². The molecule has 2 atom stereocenters. The number of hydrogen-bond donors (Lipinski definition) is 1. The largest absolute Gasteiger partial charge is 0.508 e. The molecule has 1 heterocycles. The summed E-state index contributed by atoms with van der Waals surface area (Å²) in [7, 11) is 0. The van der Waals surface area contributed by atoms with Crippen LogP contribution in [0, 0.1) is 18.8 Å². The van der Waals surface area contributed by atoms with Crippen molar-refractivity contribution in [2.45, 2.75) is 26.2 Å². The van der Waals surface area contributed by atoms with Crippen LogP contribution in [-0.2, 0) is 0 Å². The van der Waals surface area contributed by atoms with Crippen LogP contribution in [0.5, 0.6) is 5.75 Å². The summed E-state index contributed by atoms with van der Waals surface area (Å²) in [4.78, 5) is 14.4. The molecule has 0 spiro atoms. The van der Waals surface area contributed by atoms with Gasteiger partial charge in [-0.15, -0.1) is 0 Å². The predicted molar refractivity (Wildman–Crippen MR) is 69.6 cm³/mol. The molecule has 0 bridgehead atoms. The maximum atomic E-state index is 12.4. The molecule has 1 aromatic carbocycles. The Bertz CT molecular complexity index is 471. The van der Waals surface area contributed by atoms with Crippen molar-refractivity contribution >= 4 is 5.91 Å². The number of aromatic hydroxyl groups is 1. The van der Waals surface area contributed by atoms with Gasteiger partial charge in [-0.1, -0.05) is 6.42 Å². The fourth-order valence-electron chi connectivity index (χ4n) is 3.37. The summed E-state index contributed by atoms with van der Waals surface area (Å²) in [5.74, 6) is 1.83. The molecule has 3 rings (SSSR count). The number of hydrogen-bond acceptors (Lipinski definition) is 2. The second-order valence-corrected chi connectivity index (χ2v) is 5.66. The quantitative estimate of drug-likeness (QED) is 0.826. The highest BCUT2D eigenvalue weighted by atomic mass is 16.3. The van der Waals surface area contributed by atoms with Gasteiger partial charge in [0.1, 0.15) is 5.75 Å². The summed E-state index contributed by atoms with van der Waals surface area (Å²) in [5.41, 5.74) is 1.46. The summed E-state index contributed by atoms with van der Waals surface area (Å²) in [5, 5.41) is 9.50. The molecule has 0 radical (unpaired) electrons. The predicted octanol–water partition coefficient (Wildman–Crippen LogP) is 2.57. The second-order valence-electron chi connectivity index (χ2n) is 5.66. The minimum absolute atomic E-state index is 0.118. The Kier molecular flexibility index (Phi) is 2.77. The van der Waals surface area contributed by atoms with Crippen LogP contribution in [0.1, 0.15) is 35.2 Å². The third kappa shape index (κ3) is 1.88. The molecular weight excluding hydrogens is 226 g/mol. The van der Waals surface area contributed by atoms with Gasteiger partial charge in [-0.05, 0) is 55.4 Å². The van der Waals surface area contributed by atoms with Gasteiger partial charge in [0, 0.05) is 18.7 Å². The van der Waals surface area contributed by atoms with E-state index in [1.165, 1.54) is 19.3 Å². The van der Waals surface area contributed by atoms with Gasteiger partial charge in [0.2, 0.25) is 0 Å². The molecule has 0 aromatic heterocycles. The zero-order chi connectivity index (χ0) is 12.7. The lowest BCUT2D eigenvalue weighted by Crippen LogP contribution is -2.29. The Labute approximate surface area is 107 Å². The molecule has 2 aliphatic rings. The highest BCUT2D eigenvalue weighted by Gasteiger charge is 2.38. The van der Waals surface area contributed by atoms with E-state index in [1.54, 1.807) is 18.2 Å². The van der Waals surface area contributed by atoms with Crippen LogP contribution in [0.15, 0.2) is 18.2 Å². The van der Waals surface area contributed by atoms with Crippen molar-refractivity contribution in [3.8, 4) is 5.75 Å². The molecule has 1 N–H and O–H groups in total. The number of carbonyl (C=O) groups is 1. The summed E-state index contributed by atoms with van der Waals surface area (Å²) >= 11 is 0. The fourth-order valence-corrected chi connectivity index (χ4v) is 3.37. The van der Waals surface area contributed by atoms with E-state index in [1.807, 2.05) is 11.8 Å². The lowest BCUT2D eigenvalue weighted by atomic mass is 10.0. The Morgan fingerprint density at radius 1 is 1.28 bits per heavy atom. The molecule has 96 valence electrons. The highest BCUT2D eigenvalue weighted by molar-refractivity contribution is 5.94. The van der Waals surface area contributed by atoms with Crippen LogP contribution in [0.3, 0.4) is 0 Å². The second kappa shape index (κ2) is 4.30. The van der Waals surface area contributed by atoms with E-state index in [-0.39, 0.29) is 11.7 Å². The number of benzene rings is 1. The Balaban J connectivity index is 1.77. The molecule has 1 amide bonds. The van der Waals surface area contributed by atoms with Crippen LogP contribution in [0.4, 0.5) is 0 Å². The van der Waals surface area contributed by atoms with Gasteiger partial charge in [0.25, 0.3) is 5.91 Å². The normalized spacial score (nSPS) is 26.4. The number of rotatable bonds is 1. The standard InChI is InChI=1S/C15H19NO2/c1-10-7-11(5-6-14(10)17)15(18)16-8-12-3-2-4-13(12)9-16/h5-7,12-13,17H,2-4,8-9H2,1H3. The van der Waals surface area contributed by atoms with Crippen molar-refractivity contribution in [2.24, 2.45) is 11.8 Å². The van der Waals surface area contributed by atoms with Gasteiger partial charge >= 0.3 is 0 Å². The Morgan fingerprint density at radius 3 is 2.56 bits per heavy atom. The topological polar surface area (TPSA) is 40.5 Å². The lowest BCUT2D eigenvalue weighted by Gasteiger charge is -2.17. The van der Waals surface area contributed by atoms with E-state index >= 15 is 0 Å². The number of phenols is 1. The van der Waals surface area contributed by atoms with E-state index in [4.69, 9.17) is 0 Å². The zero-order valence-corrected chi connectivity index (χ0v) is 10.7. The molecule has 1 aliphatic carbocycles. The number of carbonyl (C=O) groups excluding carboxylic acids is 1. The number of likely N-dealkylation sites (tertiary alicyclic amines) is 1. The minimum atomic E-state index is 0.118. The monoisotopic (exact) mass is 245 g/mol.